The summed E-state index contributed by atoms with van der Waals surface area (Å²) in [6.07, 6.45) is 2.00. The van der Waals surface area contributed by atoms with Crippen LogP contribution in [0.4, 0.5) is 0 Å². The van der Waals surface area contributed by atoms with Crippen LogP contribution in [0, 0.1) is 0 Å². The van der Waals surface area contributed by atoms with Crippen molar-refractivity contribution in [1.82, 2.24) is 4.57 Å². The van der Waals surface area contributed by atoms with Gasteiger partial charge >= 0.3 is 5.97 Å². The van der Waals surface area contributed by atoms with Crippen molar-refractivity contribution in [3.8, 4) is 0 Å². The van der Waals surface area contributed by atoms with Crippen LogP contribution in [0.1, 0.15) is 41.5 Å². The van der Waals surface area contributed by atoms with Gasteiger partial charge in [-0.15, -0.1) is 0 Å². The van der Waals surface area contributed by atoms with Crippen LogP contribution in [-0.4, -0.2) is 28.1 Å². The Bertz CT molecular complexity index is 867. The van der Waals surface area contributed by atoms with Gasteiger partial charge in [0.2, 0.25) is 0 Å². The zero-order valence-corrected chi connectivity index (χ0v) is 14.0. The van der Waals surface area contributed by atoms with Gasteiger partial charge in [0.05, 0.1) is 5.56 Å². The van der Waals surface area contributed by atoms with Crippen molar-refractivity contribution in [2.45, 2.75) is 38.8 Å². The van der Waals surface area contributed by atoms with Crippen LogP contribution in [0.15, 0.2) is 53.7 Å². The maximum Gasteiger partial charge on any atom is 0.339 e. The van der Waals surface area contributed by atoms with Gasteiger partial charge in [-0.05, 0) is 44.5 Å². The van der Waals surface area contributed by atoms with Crippen molar-refractivity contribution in [3.63, 3.8) is 0 Å². The third kappa shape index (κ3) is 2.89. The first kappa shape index (κ1) is 16.2. The summed E-state index contributed by atoms with van der Waals surface area (Å²) in [4.78, 5) is 29.9. The fourth-order valence-electron chi connectivity index (χ4n) is 2.88. The van der Waals surface area contributed by atoms with Crippen molar-refractivity contribution in [1.29, 1.82) is 0 Å². The second-order valence-electron chi connectivity index (χ2n) is 6.41. The molecule has 1 aromatic heterocycles. The van der Waals surface area contributed by atoms with E-state index in [0.29, 0.717) is 17.5 Å². The Morgan fingerprint density at radius 3 is 2.67 bits per heavy atom. The number of cyclic esters (lactones) is 1. The van der Waals surface area contributed by atoms with E-state index in [1.165, 1.54) is 4.57 Å². The fraction of sp³-hybridized carbons (Fsp3) is 0.316. The highest BCUT2D eigenvalue weighted by atomic mass is 16.6. The van der Waals surface area contributed by atoms with Crippen LogP contribution in [0.5, 0.6) is 0 Å². The number of hydrogen-bond acceptors (Lipinski definition) is 4. The van der Waals surface area contributed by atoms with Gasteiger partial charge in [0.25, 0.3) is 5.91 Å². The number of carbonyl (C=O) groups is 2. The maximum absolute atomic E-state index is 13.1. The largest absolute Gasteiger partial charge is 0.445 e. The van der Waals surface area contributed by atoms with Crippen LogP contribution in [0.3, 0.4) is 0 Å². The van der Waals surface area contributed by atoms with E-state index in [0.717, 1.165) is 5.56 Å². The summed E-state index contributed by atoms with van der Waals surface area (Å²) in [6, 6.07) is 12.6. The first-order valence-corrected chi connectivity index (χ1v) is 7.98. The van der Waals surface area contributed by atoms with Gasteiger partial charge in [-0.25, -0.2) is 4.79 Å². The molecule has 1 aromatic carbocycles. The van der Waals surface area contributed by atoms with E-state index in [1.807, 2.05) is 32.0 Å². The molecule has 0 amide bonds. The van der Waals surface area contributed by atoms with Crippen LogP contribution < -0.4 is 5.49 Å². The SMILES string of the molecule is CC(C)N=c1ccccn1C(=O)C1(C)Cc2ccccc2C(=O)O1. The average molecular weight is 324 g/mol. The summed E-state index contributed by atoms with van der Waals surface area (Å²) in [5, 5.41) is 0. The average Bonchev–Trinajstić information content (AvgIpc) is 2.54. The van der Waals surface area contributed by atoms with E-state index in [9.17, 15) is 9.59 Å². The second-order valence-corrected chi connectivity index (χ2v) is 6.41. The second kappa shape index (κ2) is 6.07. The standard InChI is InChI=1S/C19H20N2O3/c1-13(2)20-16-10-6-7-11-21(16)18(23)19(3)12-14-8-4-5-9-15(14)17(22)24-19/h4-11,13H,12H2,1-3H3. The number of hydrogen-bond donors (Lipinski definition) is 0. The number of carbonyl (C=O) groups excluding carboxylic acids is 2. The zero-order chi connectivity index (χ0) is 17.3. The Labute approximate surface area is 140 Å². The highest BCUT2D eigenvalue weighted by Crippen LogP contribution is 2.29. The highest BCUT2D eigenvalue weighted by molar-refractivity contribution is 5.98. The lowest BCUT2D eigenvalue weighted by Crippen LogP contribution is -2.50. The van der Waals surface area contributed by atoms with Gasteiger partial charge in [-0.2, -0.15) is 0 Å². The molecule has 0 spiro atoms. The normalized spacial score (nSPS) is 20.7. The van der Waals surface area contributed by atoms with Gasteiger partial charge in [-0.1, -0.05) is 24.3 Å². The van der Waals surface area contributed by atoms with Gasteiger partial charge in [0.1, 0.15) is 5.49 Å². The molecular formula is C19H20N2O3. The van der Waals surface area contributed by atoms with E-state index in [4.69, 9.17) is 4.74 Å². The molecule has 0 saturated heterocycles. The summed E-state index contributed by atoms with van der Waals surface area (Å²) in [5.74, 6) is -0.767. The topological polar surface area (TPSA) is 60.7 Å². The van der Waals surface area contributed by atoms with Crippen molar-refractivity contribution in [3.05, 3.63) is 65.3 Å². The number of nitrogens with zero attached hydrogens (tertiary/aromatic N) is 2. The van der Waals surface area contributed by atoms with Gasteiger partial charge in [0.15, 0.2) is 5.60 Å². The molecule has 124 valence electrons. The quantitative estimate of drug-likeness (QED) is 0.798. The lowest BCUT2D eigenvalue weighted by Gasteiger charge is -2.33. The van der Waals surface area contributed by atoms with Crippen molar-refractivity contribution >= 4 is 11.9 Å². The lowest BCUT2D eigenvalue weighted by atomic mass is 9.89. The zero-order valence-electron chi connectivity index (χ0n) is 14.0. The summed E-state index contributed by atoms with van der Waals surface area (Å²) in [5.41, 5.74) is 0.642. The molecule has 1 unspecified atom stereocenters. The molecule has 5 heteroatoms. The maximum atomic E-state index is 13.1. The number of aromatic nitrogens is 1. The molecule has 0 radical (unpaired) electrons. The minimum Gasteiger partial charge on any atom is -0.445 e. The number of fused-ring (bicyclic) bond motifs is 1. The van der Waals surface area contributed by atoms with E-state index in [1.54, 1.807) is 37.4 Å². The predicted octanol–water partition coefficient (Wildman–Crippen LogP) is 2.61. The Balaban J connectivity index is 2.04. The molecule has 0 saturated carbocycles. The molecule has 0 aliphatic carbocycles. The smallest absolute Gasteiger partial charge is 0.339 e. The summed E-state index contributed by atoms with van der Waals surface area (Å²) in [6.45, 7) is 5.54. The summed E-state index contributed by atoms with van der Waals surface area (Å²) < 4.78 is 6.99. The Hall–Kier alpha value is -2.69. The van der Waals surface area contributed by atoms with Crippen LogP contribution >= 0.6 is 0 Å². The molecule has 2 aromatic rings. The molecule has 0 bridgehead atoms. The minimum atomic E-state index is -1.25. The molecule has 0 fully saturated rings. The van der Waals surface area contributed by atoms with E-state index in [-0.39, 0.29) is 11.9 Å². The molecule has 1 aliphatic heterocycles. The number of benzene rings is 1. The Kier molecular flexibility index (Phi) is 4.09. The number of ether oxygens (including phenoxy) is 1. The molecule has 3 rings (SSSR count). The molecular weight excluding hydrogens is 304 g/mol. The van der Waals surface area contributed by atoms with Crippen LogP contribution in [-0.2, 0) is 11.2 Å². The monoisotopic (exact) mass is 324 g/mol. The highest BCUT2D eigenvalue weighted by Gasteiger charge is 2.43. The molecule has 1 atom stereocenters. The van der Waals surface area contributed by atoms with Crippen LogP contribution in [0.2, 0.25) is 0 Å². The number of rotatable bonds is 2. The summed E-state index contributed by atoms with van der Waals surface area (Å²) >= 11 is 0. The minimum absolute atomic E-state index is 0.0499. The first-order chi connectivity index (χ1) is 11.4. The van der Waals surface area contributed by atoms with Gasteiger partial charge in [-0.3, -0.25) is 14.4 Å². The summed E-state index contributed by atoms with van der Waals surface area (Å²) in [7, 11) is 0. The third-order valence-electron chi connectivity index (χ3n) is 3.98. The van der Waals surface area contributed by atoms with E-state index in [2.05, 4.69) is 4.99 Å². The molecule has 1 aliphatic rings. The molecule has 2 heterocycles. The molecule has 24 heavy (non-hydrogen) atoms. The van der Waals surface area contributed by atoms with E-state index >= 15 is 0 Å². The van der Waals surface area contributed by atoms with Gasteiger partial charge < -0.3 is 4.74 Å². The van der Waals surface area contributed by atoms with E-state index < -0.39 is 11.6 Å². The predicted molar refractivity (Wildman–Crippen MR) is 89.7 cm³/mol. The van der Waals surface area contributed by atoms with Crippen molar-refractivity contribution in [2.24, 2.45) is 4.99 Å². The molecule has 5 nitrogen and oxygen atoms in total. The first-order valence-electron chi connectivity index (χ1n) is 7.98. The number of pyridine rings is 1. The van der Waals surface area contributed by atoms with Crippen molar-refractivity contribution < 1.29 is 14.3 Å². The Morgan fingerprint density at radius 1 is 1.21 bits per heavy atom. The lowest BCUT2D eigenvalue weighted by molar-refractivity contribution is -0.0123. The van der Waals surface area contributed by atoms with Crippen molar-refractivity contribution in [2.75, 3.05) is 0 Å². The third-order valence-corrected chi connectivity index (χ3v) is 3.98. The van der Waals surface area contributed by atoms with Crippen LogP contribution in [0.25, 0.3) is 0 Å². The number of esters is 1. The Morgan fingerprint density at radius 2 is 1.92 bits per heavy atom. The fourth-order valence-corrected chi connectivity index (χ4v) is 2.88. The van der Waals surface area contributed by atoms with Gasteiger partial charge in [0, 0.05) is 18.7 Å². The molecule has 0 N–H and O–H groups in total.